The number of oxazole rings is 1. The van der Waals surface area contributed by atoms with Crippen molar-refractivity contribution in [1.29, 1.82) is 0 Å². The number of benzene rings is 3. The van der Waals surface area contributed by atoms with Crippen LogP contribution in [0.2, 0.25) is 5.02 Å². The molecule has 1 N–H and O–H groups in total. The van der Waals surface area contributed by atoms with E-state index in [4.69, 9.17) is 16.0 Å². The van der Waals surface area contributed by atoms with Crippen LogP contribution in [0.25, 0.3) is 33.6 Å². The van der Waals surface area contributed by atoms with Crippen molar-refractivity contribution in [3.05, 3.63) is 70.2 Å². The number of hydrogen-bond donors (Lipinski definition) is 1. The van der Waals surface area contributed by atoms with Crippen LogP contribution >= 0.6 is 23.3 Å². The molecule has 0 saturated carbocycles. The number of rotatable bonds is 3. The van der Waals surface area contributed by atoms with Crippen LogP contribution in [0, 0.1) is 13.8 Å². The first-order chi connectivity index (χ1) is 14.5. The maximum atomic E-state index is 12.7. The first-order valence-electron chi connectivity index (χ1n) is 9.19. The molecule has 3 aromatic carbocycles. The predicted molar refractivity (Wildman–Crippen MR) is 119 cm³/mol. The van der Waals surface area contributed by atoms with Gasteiger partial charge in [-0.05, 0) is 67.4 Å². The van der Waals surface area contributed by atoms with Gasteiger partial charge in [-0.2, -0.15) is 8.75 Å². The van der Waals surface area contributed by atoms with Gasteiger partial charge in [-0.15, -0.1) is 0 Å². The number of fused-ring (bicyclic) bond motifs is 2. The number of hydrogen-bond acceptors (Lipinski definition) is 6. The number of aryl methyl sites for hydroxylation is 2. The van der Waals surface area contributed by atoms with Gasteiger partial charge in [0.15, 0.2) is 5.58 Å². The molecule has 0 spiro atoms. The van der Waals surface area contributed by atoms with Crippen LogP contribution in [-0.2, 0) is 0 Å². The van der Waals surface area contributed by atoms with E-state index in [9.17, 15) is 4.79 Å². The van der Waals surface area contributed by atoms with E-state index in [1.54, 1.807) is 30.3 Å². The van der Waals surface area contributed by atoms with Gasteiger partial charge >= 0.3 is 0 Å². The van der Waals surface area contributed by atoms with Crippen molar-refractivity contribution < 1.29 is 9.21 Å². The van der Waals surface area contributed by atoms with Crippen LogP contribution in [0.5, 0.6) is 0 Å². The van der Waals surface area contributed by atoms with Crippen molar-refractivity contribution in [1.82, 2.24) is 13.7 Å². The van der Waals surface area contributed by atoms with E-state index < -0.39 is 0 Å². The third-order valence-corrected chi connectivity index (χ3v) is 5.68. The van der Waals surface area contributed by atoms with Crippen LogP contribution in [0.1, 0.15) is 21.5 Å². The number of carbonyl (C=O) groups excluding carboxylic acids is 1. The Balaban J connectivity index is 1.49. The molecule has 1 amide bonds. The summed E-state index contributed by atoms with van der Waals surface area (Å²) >= 11 is 7.44. The molecule has 0 aliphatic rings. The van der Waals surface area contributed by atoms with Crippen LogP contribution in [-0.4, -0.2) is 19.6 Å². The Labute approximate surface area is 180 Å². The topological polar surface area (TPSA) is 80.9 Å². The fourth-order valence-electron chi connectivity index (χ4n) is 3.37. The Morgan fingerprint density at radius 3 is 2.70 bits per heavy atom. The van der Waals surface area contributed by atoms with Crippen LogP contribution in [0.3, 0.4) is 0 Å². The highest BCUT2D eigenvalue weighted by molar-refractivity contribution is 7.00. The number of nitrogens with zero attached hydrogens (tertiary/aromatic N) is 3. The standard InChI is InChI=1S/C22H15ClN4O2S/c1-11-7-12(2)20-19(8-11)25-22(29-20)14-3-5-15(23)17(10-14)24-21(28)13-4-6-16-18(9-13)27-30-26-16/h3-10H,1-2H3,(H,24,28). The van der Waals surface area contributed by atoms with Crippen LogP contribution in [0.15, 0.2) is 52.9 Å². The zero-order valence-electron chi connectivity index (χ0n) is 16.1. The maximum Gasteiger partial charge on any atom is 0.255 e. The summed E-state index contributed by atoms with van der Waals surface area (Å²) in [6, 6.07) is 14.5. The summed E-state index contributed by atoms with van der Waals surface area (Å²) in [5, 5.41) is 3.29. The Morgan fingerprint density at radius 1 is 1.00 bits per heavy atom. The molecule has 8 heteroatoms. The molecule has 0 aliphatic heterocycles. The summed E-state index contributed by atoms with van der Waals surface area (Å²) in [5.41, 5.74) is 6.82. The molecule has 0 bridgehead atoms. The first kappa shape index (κ1) is 18.7. The van der Waals surface area contributed by atoms with Gasteiger partial charge in [0.25, 0.3) is 5.91 Å². The van der Waals surface area contributed by atoms with E-state index in [1.807, 2.05) is 26.0 Å². The summed E-state index contributed by atoms with van der Waals surface area (Å²) in [7, 11) is 0. The van der Waals surface area contributed by atoms with Gasteiger partial charge in [0.1, 0.15) is 16.6 Å². The summed E-state index contributed by atoms with van der Waals surface area (Å²) in [4.78, 5) is 17.4. The molecule has 0 atom stereocenters. The van der Waals surface area contributed by atoms with Gasteiger partial charge in [0.05, 0.1) is 22.4 Å². The molecule has 0 saturated heterocycles. The van der Waals surface area contributed by atoms with E-state index in [-0.39, 0.29) is 5.91 Å². The summed E-state index contributed by atoms with van der Waals surface area (Å²) < 4.78 is 14.3. The number of anilines is 1. The minimum absolute atomic E-state index is 0.284. The normalized spacial score (nSPS) is 11.3. The van der Waals surface area contributed by atoms with Gasteiger partial charge in [0.2, 0.25) is 5.89 Å². The molecular formula is C22H15ClN4O2S. The highest BCUT2D eigenvalue weighted by Gasteiger charge is 2.15. The smallest absolute Gasteiger partial charge is 0.255 e. The Bertz CT molecular complexity index is 1440. The lowest BCUT2D eigenvalue weighted by Crippen LogP contribution is -2.12. The second-order valence-electron chi connectivity index (χ2n) is 7.07. The van der Waals surface area contributed by atoms with E-state index in [2.05, 4.69) is 25.1 Å². The second kappa shape index (κ2) is 7.19. The Kier molecular flexibility index (Phi) is 4.49. The SMILES string of the molecule is Cc1cc(C)c2oc(-c3ccc(Cl)c(NC(=O)c4ccc5nsnc5c4)c3)nc2c1. The number of amides is 1. The lowest BCUT2D eigenvalue weighted by molar-refractivity contribution is 0.102. The molecule has 5 aromatic rings. The zero-order chi connectivity index (χ0) is 20.8. The Hall–Kier alpha value is -3.29. The monoisotopic (exact) mass is 434 g/mol. The Morgan fingerprint density at radius 2 is 1.83 bits per heavy atom. The summed E-state index contributed by atoms with van der Waals surface area (Å²) in [6.45, 7) is 4.02. The third-order valence-electron chi connectivity index (χ3n) is 4.80. The summed E-state index contributed by atoms with van der Waals surface area (Å²) in [5.74, 6) is 0.189. The predicted octanol–water partition coefficient (Wildman–Crippen LogP) is 6.02. The molecule has 0 aliphatic carbocycles. The molecule has 30 heavy (non-hydrogen) atoms. The van der Waals surface area contributed by atoms with Gasteiger partial charge in [-0.1, -0.05) is 17.7 Å². The largest absolute Gasteiger partial charge is 0.436 e. The van der Waals surface area contributed by atoms with Gasteiger partial charge in [0, 0.05) is 11.1 Å². The fraction of sp³-hybridized carbons (Fsp3) is 0.0909. The molecular weight excluding hydrogens is 420 g/mol. The summed E-state index contributed by atoms with van der Waals surface area (Å²) in [6.07, 6.45) is 0. The molecule has 5 rings (SSSR count). The van der Waals surface area contributed by atoms with Crippen molar-refractivity contribution in [2.45, 2.75) is 13.8 Å². The number of nitrogens with one attached hydrogen (secondary N) is 1. The third kappa shape index (κ3) is 3.32. The van der Waals surface area contributed by atoms with E-state index >= 15 is 0 Å². The number of aromatic nitrogens is 3. The lowest BCUT2D eigenvalue weighted by atomic mass is 10.1. The average molecular weight is 435 g/mol. The minimum Gasteiger partial charge on any atom is -0.436 e. The van der Waals surface area contributed by atoms with Crippen LogP contribution in [0.4, 0.5) is 5.69 Å². The van der Waals surface area contributed by atoms with Crippen LogP contribution < -0.4 is 5.32 Å². The first-order valence-corrected chi connectivity index (χ1v) is 10.3. The van der Waals surface area contributed by atoms with Gasteiger partial charge in [-0.3, -0.25) is 4.79 Å². The van der Waals surface area contributed by atoms with Crippen molar-refractivity contribution in [3.8, 4) is 11.5 Å². The van der Waals surface area contributed by atoms with E-state index in [0.29, 0.717) is 27.7 Å². The zero-order valence-corrected chi connectivity index (χ0v) is 17.6. The quantitative estimate of drug-likeness (QED) is 0.375. The highest BCUT2D eigenvalue weighted by atomic mass is 35.5. The van der Waals surface area contributed by atoms with E-state index in [0.717, 1.165) is 45.0 Å². The highest BCUT2D eigenvalue weighted by Crippen LogP contribution is 2.32. The van der Waals surface area contributed by atoms with Gasteiger partial charge < -0.3 is 9.73 Å². The van der Waals surface area contributed by atoms with Crippen molar-refractivity contribution >= 4 is 57.1 Å². The maximum absolute atomic E-state index is 12.7. The fourth-order valence-corrected chi connectivity index (χ4v) is 4.05. The average Bonchev–Trinajstić information content (AvgIpc) is 3.35. The van der Waals surface area contributed by atoms with Crippen molar-refractivity contribution in [2.24, 2.45) is 0 Å². The molecule has 0 unspecified atom stereocenters. The van der Waals surface area contributed by atoms with Gasteiger partial charge in [-0.25, -0.2) is 4.98 Å². The minimum atomic E-state index is -0.284. The number of carbonyl (C=O) groups is 1. The molecule has 148 valence electrons. The molecule has 2 aromatic heterocycles. The number of halogens is 1. The second-order valence-corrected chi connectivity index (χ2v) is 8.00. The molecule has 0 radical (unpaired) electrons. The molecule has 0 fully saturated rings. The molecule has 6 nitrogen and oxygen atoms in total. The molecule has 2 heterocycles. The van der Waals surface area contributed by atoms with Crippen molar-refractivity contribution in [2.75, 3.05) is 5.32 Å². The van der Waals surface area contributed by atoms with E-state index in [1.165, 1.54) is 0 Å². The van der Waals surface area contributed by atoms with Crippen molar-refractivity contribution in [3.63, 3.8) is 0 Å². The lowest BCUT2D eigenvalue weighted by Gasteiger charge is -2.08.